The lowest BCUT2D eigenvalue weighted by Gasteiger charge is -2.35. The third-order valence-corrected chi connectivity index (χ3v) is 3.54. The summed E-state index contributed by atoms with van der Waals surface area (Å²) in [4.78, 5) is 12.0. The smallest absolute Gasteiger partial charge is 0.228 e. The van der Waals surface area contributed by atoms with Crippen LogP contribution in [0.4, 0.5) is 0 Å². The summed E-state index contributed by atoms with van der Waals surface area (Å²) >= 11 is 0. The lowest BCUT2D eigenvalue weighted by Crippen LogP contribution is -2.45. The standard InChI is InChI=1S/C15H22NO/c1-4-5-11-15(12(2)3,14(16)17)13-9-7-6-8-10-13/h6-10,12H,1,4-5,11H2,2-3H3,(H2,16,17). The van der Waals surface area contributed by atoms with Crippen molar-refractivity contribution in [2.75, 3.05) is 0 Å². The number of benzene rings is 1. The second-order valence-corrected chi connectivity index (χ2v) is 4.81. The van der Waals surface area contributed by atoms with Crippen LogP contribution in [-0.2, 0) is 10.2 Å². The number of hydrogen-bond donors (Lipinski definition) is 1. The van der Waals surface area contributed by atoms with Gasteiger partial charge in [-0.15, -0.1) is 0 Å². The maximum Gasteiger partial charge on any atom is 0.228 e. The third-order valence-electron chi connectivity index (χ3n) is 3.54. The second-order valence-electron chi connectivity index (χ2n) is 4.81. The molecule has 17 heavy (non-hydrogen) atoms. The first kappa shape index (κ1) is 13.8. The molecule has 0 bridgehead atoms. The molecular formula is C15H22NO. The number of nitrogens with two attached hydrogens (primary N) is 1. The van der Waals surface area contributed by atoms with Crippen LogP contribution in [0.3, 0.4) is 0 Å². The first-order valence-corrected chi connectivity index (χ1v) is 6.20. The highest BCUT2D eigenvalue weighted by atomic mass is 16.1. The Kier molecular flexibility index (Phi) is 4.73. The highest BCUT2D eigenvalue weighted by molar-refractivity contribution is 5.87. The number of hydrogen-bond acceptors (Lipinski definition) is 1. The van der Waals surface area contributed by atoms with E-state index in [0.717, 1.165) is 24.8 Å². The summed E-state index contributed by atoms with van der Waals surface area (Å²) < 4.78 is 0. The predicted molar refractivity (Wildman–Crippen MR) is 71.4 cm³/mol. The number of carbonyl (C=O) groups is 1. The highest BCUT2D eigenvalue weighted by Crippen LogP contribution is 2.37. The molecule has 1 unspecified atom stereocenters. The van der Waals surface area contributed by atoms with Crippen LogP contribution in [0, 0.1) is 12.8 Å². The highest BCUT2D eigenvalue weighted by Gasteiger charge is 2.40. The maximum absolute atomic E-state index is 12.0. The molecule has 93 valence electrons. The molecule has 0 spiro atoms. The zero-order valence-electron chi connectivity index (χ0n) is 10.8. The molecule has 0 heterocycles. The van der Waals surface area contributed by atoms with Gasteiger partial charge in [0.1, 0.15) is 0 Å². The van der Waals surface area contributed by atoms with Crippen LogP contribution < -0.4 is 5.73 Å². The normalized spacial score (nSPS) is 14.6. The third kappa shape index (κ3) is 2.68. The molecule has 2 N–H and O–H groups in total. The average molecular weight is 232 g/mol. The largest absolute Gasteiger partial charge is 0.369 e. The van der Waals surface area contributed by atoms with Gasteiger partial charge in [-0.05, 0) is 17.9 Å². The van der Waals surface area contributed by atoms with Gasteiger partial charge in [-0.25, -0.2) is 0 Å². The van der Waals surface area contributed by atoms with Crippen LogP contribution in [0.15, 0.2) is 30.3 Å². The van der Waals surface area contributed by atoms with Gasteiger partial charge >= 0.3 is 0 Å². The van der Waals surface area contributed by atoms with Crippen LogP contribution in [0.5, 0.6) is 0 Å². The zero-order chi connectivity index (χ0) is 12.9. The number of carbonyl (C=O) groups excluding carboxylic acids is 1. The van der Waals surface area contributed by atoms with Gasteiger partial charge in [-0.3, -0.25) is 4.79 Å². The van der Waals surface area contributed by atoms with Gasteiger partial charge in [-0.1, -0.05) is 63.9 Å². The summed E-state index contributed by atoms with van der Waals surface area (Å²) in [7, 11) is 0. The van der Waals surface area contributed by atoms with Crippen molar-refractivity contribution < 1.29 is 4.79 Å². The molecule has 0 saturated carbocycles. The Balaban J connectivity index is 3.20. The summed E-state index contributed by atoms with van der Waals surface area (Å²) in [6.45, 7) is 7.96. The van der Waals surface area contributed by atoms with E-state index in [4.69, 9.17) is 5.73 Å². The Morgan fingerprint density at radius 2 is 1.94 bits per heavy atom. The maximum atomic E-state index is 12.0. The van der Waals surface area contributed by atoms with Gasteiger partial charge in [0.05, 0.1) is 5.41 Å². The Labute approximate surface area is 104 Å². The van der Waals surface area contributed by atoms with E-state index in [-0.39, 0.29) is 11.8 Å². The summed E-state index contributed by atoms with van der Waals surface area (Å²) in [6, 6.07) is 9.86. The Morgan fingerprint density at radius 1 is 1.35 bits per heavy atom. The van der Waals surface area contributed by atoms with Crippen molar-refractivity contribution in [2.24, 2.45) is 11.7 Å². The molecule has 0 aliphatic heterocycles. The van der Waals surface area contributed by atoms with Crippen LogP contribution >= 0.6 is 0 Å². The Hall–Kier alpha value is -1.31. The van der Waals surface area contributed by atoms with Crippen molar-refractivity contribution in [1.82, 2.24) is 0 Å². The lowest BCUT2D eigenvalue weighted by molar-refractivity contribution is -0.125. The first-order chi connectivity index (χ1) is 8.05. The minimum Gasteiger partial charge on any atom is -0.369 e. The van der Waals surface area contributed by atoms with E-state index in [1.54, 1.807) is 0 Å². The van der Waals surface area contributed by atoms with E-state index in [1.807, 2.05) is 30.3 Å². The van der Waals surface area contributed by atoms with Crippen LogP contribution in [0.25, 0.3) is 0 Å². The molecule has 2 nitrogen and oxygen atoms in total. The molecule has 0 aliphatic rings. The molecule has 2 heteroatoms. The molecule has 1 atom stereocenters. The molecule has 1 aromatic carbocycles. The van der Waals surface area contributed by atoms with Crippen molar-refractivity contribution >= 4 is 5.91 Å². The topological polar surface area (TPSA) is 43.1 Å². The zero-order valence-corrected chi connectivity index (χ0v) is 10.8. The van der Waals surface area contributed by atoms with E-state index in [2.05, 4.69) is 20.8 Å². The number of amides is 1. The quantitative estimate of drug-likeness (QED) is 0.804. The van der Waals surface area contributed by atoms with Crippen molar-refractivity contribution in [3.05, 3.63) is 42.8 Å². The van der Waals surface area contributed by atoms with E-state index in [1.165, 1.54) is 0 Å². The fraction of sp³-hybridized carbons (Fsp3) is 0.467. The van der Waals surface area contributed by atoms with E-state index in [0.29, 0.717) is 0 Å². The average Bonchev–Trinajstić information content (AvgIpc) is 2.30. The van der Waals surface area contributed by atoms with Crippen molar-refractivity contribution in [3.63, 3.8) is 0 Å². The minimum atomic E-state index is -0.557. The summed E-state index contributed by atoms with van der Waals surface area (Å²) in [5, 5.41) is 0. The monoisotopic (exact) mass is 232 g/mol. The number of rotatable bonds is 6. The summed E-state index contributed by atoms with van der Waals surface area (Å²) in [5.41, 5.74) is 6.15. The van der Waals surface area contributed by atoms with Crippen LogP contribution in [0.1, 0.15) is 38.7 Å². The van der Waals surface area contributed by atoms with Gasteiger partial charge in [0, 0.05) is 0 Å². The lowest BCUT2D eigenvalue weighted by atomic mass is 9.68. The number of unbranched alkanes of at least 4 members (excludes halogenated alkanes) is 1. The summed E-state index contributed by atoms with van der Waals surface area (Å²) in [6.07, 6.45) is 2.51. The van der Waals surface area contributed by atoms with Gasteiger partial charge in [0.25, 0.3) is 0 Å². The van der Waals surface area contributed by atoms with Crippen molar-refractivity contribution in [1.29, 1.82) is 0 Å². The SMILES string of the molecule is [CH2]CCCC(C(N)=O)(c1ccccc1)C(C)C. The molecule has 0 fully saturated rings. The first-order valence-electron chi connectivity index (χ1n) is 6.20. The van der Waals surface area contributed by atoms with Crippen LogP contribution in [-0.4, -0.2) is 5.91 Å². The fourth-order valence-corrected chi connectivity index (χ4v) is 2.46. The van der Waals surface area contributed by atoms with E-state index in [9.17, 15) is 4.79 Å². The van der Waals surface area contributed by atoms with Gasteiger partial charge in [0.2, 0.25) is 5.91 Å². The summed E-state index contributed by atoms with van der Waals surface area (Å²) in [5.74, 6) is -0.0406. The molecular weight excluding hydrogens is 210 g/mol. The van der Waals surface area contributed by atoms with Gasteiger partial charge in [0.15, 0.2) is 0 Å². The number of primary amides is 1. The molecule has 1 radical (unpaired) electrons. The molecule has 0 aromatic heterocycles. The molecule has 1 aromatic rings. The van der Waals surface area contributed by atoms with Crippen LogP contribution in [0.2, 0.25) is 0 Å². The van der Waals surface area contributed by atoms with Gasteiger partial charge in [-0.2, -0.15) is 0 Å². The van der Waals surface area contributed by atoms with Crippen molar-refractivity contribution in [3.8, 4) is 0 Å². The molecule has 0 aliphatic carbocycles. The Bertz CT molecular complexity index is 358. The predicted octanol–water partition coefficient (Wildman–Crippen LogP) is 3.07. The van der Waals surface area contributed by atoms with Gasteiger partial charge < -0.3 is 5.73 Å². The fourth-order valence-electron chi connectivity index (χ4n) is 2.46. The van der Waals surface area contributed by atoms with E-state index >= 15 is 0 Å². The molecule has 0 saturated heterocycles. The van der Waals surface area contributed by atoms with Crippen molar-refractivity contribution in [2.45, 2.75) is 38.5 Å². The Morgan fingerprint density at radius 3 is 2.35 bits per heavy atom. The van der Waals surface area contributed by atoms with E-state index < -0.39 is 5.41 Å². The molecule has 1 rings (SSSR count). The molecule has 1 amide bonds. The minimum absolute atomic E-state index is 0.189. The second kappa shape index (κ2) is 5.85.